The summed E-state index contributed by atoms with van der Waals surface area (Å²) in [6, 6.07) is 1.42. The van der Waals surface area contributed by atoms with Crippen LogP contribution in [0.15, 0.2) is 0 Å². The molecule has 7 nitrogen and oxygen atoms in total. The molecule has 2 amide bonds. The molecule has 1 saturated carbocycles. The minimum absolute atomic E-state index is 0.127. The lowest BCUT2D eigenvalue weighted by Crippen LogP contribution is -2.49. The number of carbonyl (C=O) groups excluding carboxylic acids is 1. The van der Waals surface area contributed by atoms with Crippen molar-refractivity contribution < 1.29 is 19.4 Å². The molecule has 2 unspecified atom stereocenters. The maximum atomic E-state index is 12.1. The predicted octanol–water partition coefficient (Wildman–Crippen LogP) is 0.174. The van der Waals surface area contributed by atoms with Crippen LogP contribution in [0.1, 0.15) is 19.3 Å². The first-order valence-corrected chi connectivity index (χ1v) is 6.38. The van der Waals surface area contributed by atoms with E-state index in [1.54, 1.807) is 4.90 Å². The molecular weight excluding hydrogens is 250 g/mol. The van der Waals surface area contributed by atoms with Crippen LogP contribution in [-0.2, 0) is 9.53 Å². The van der Waals surface area contributed by atoms with Crippen LogP contribution in [0.25, 0.3) is 0 Å². The Balaban J connectivity index is 1.91. The molecule has 0 spiro atoms. The van der Waals surface area contributed by atoms with E-state index in [9.17, 15) is 9.59 Å². The van der Waals surface area contributed by atoms with Crippen molar-refractivity contribution in [3.05, 3.63) is 0 Å². The Morgan fingerprint density at radius 2 is 2.16 bits per heavy atom. The SMILES string of the molecule is N#CCCN(C(=O)NC1COCC1C(=O)O)C1CC1. The number of hydrogen-bond acceptors (Lipinski definition) is 4. The monoisotopic (exact) mass is 267 g/mol. The first-order chi connectivity index (χ1) is 9.13. The van der Waals surface area contributed by atoms with Gasteiger partial charge in [-0.25, -0.2) is 4.79 Å². The Morgan fingerprint density at radius 1 is 1.42 bits per heavy atom. The van der Waals surface area contributed by atoms with Gasteiger partial charge in [-0.2, -0.15) is 5.26 Å². The molecule has 0 aromatic rings. The zero-order valence-electron chi connectivity index (χ0n) is 10.5. The molecule has 1 heterocycles. The van der Waals surface area contributed by atoms with Gasteiger partial charge in [0, 0.05) is 12.6 Å². The Bertz CT molecular complexity index is 402. The van der Waals surface area contributed by atoms with E-state index in [4.69, 9.17) is 15.1 Å². The molecule has 2 fully saturated rings. The summed E-state index contributed by atoms with van der Waals surface area (Å²) in [7, 11) is 0. The van der Waals surface area contributed by atoms with E-state index in [1.807, 2.05) is 6.07 Å². The van der Waals surface area contributed by atoms with Gasteiger partial charge in [0.05, 0.1) is 31.7 Å². The number of aliphatic carboxylic acids is 1. The van der Waals surface area contributed by atoms with Gasteiger partial charge < -0.3 is 20.1 Å². The van der Waals surface area contributed by atoms with E-state index < -0.39 is 17.9 Å². The number of urea groups is 1. The van der Waals surface area contributed by atoms with Gasteiger partial charge in [-0.1, -0.05) is 0 Å². The van der Waals surface area contributed by atoms with Gasteiger partial charge in [0.2, 0.25) is 0 Å². The first kappa shape index (κ1) is 13.6. The smallest absolute Gasteiger partial charge is 0.318 e. The Kier molecular flexibility index (Phi) is 4.22. The van der Waals surface area contributed by atoms with E-state index in [0.29, 0.717) is 6.54 Å². The minimum atomic E-state index is -0.960. The largest absolute Gasteiger partial charge is 0.481 e. The highest BCUT2D eigenvalue weighted by molar-refractivity contribution is 5.77. The number of amides is 2. The third-order valence-electron chi connectivity index (χ3n) is 3.42. The maximum Gasteiger partial charge on any atom is 0.318 e. The Morgan fingerprint density at radius 3 is 2.74 bits per heavy atom. The standard InChI is InChI=1S/C12H17N3O4/c13-4-1-5-15(8-2-3-8)12(18)14-10-7-19-6-9(10)11(16)17/h8-10H,1-3,5-7H2,(H,14,18)(H,16,17). The number of ether oxygens (including phenoxy) is 1. The molecule has 2 rings (SSSR count). The molecule has 1 saturated heterocycles. The average Bonchev–Trinajstić information content (AvgIpc) is 3.09. The summed E-state index contributed by atoms with van der Waals surface area (Å²) in [5, 5.41) is 20.3. The van der Waals surface area contributed by atoms with Crippen molar-refractivity contribution in [3.63, 3.8) is 0 Å². The summed E-state index contributed by atoms with van der Waals surface area (Å²) in [4.78, 5) is 24.7. The van der Waals surface area contributed by atoms with Gasteiger partial charge in [0.25, 0.3) is 0 Å². The lowest BCUT2D eigenvalue weighted by Gasteiger charge is -2.25. The Labute approximate surface area is 111 Å². The average molecular weight is 267 g/mol. The molecule has 0 radical (unpaired) electrons. The number of carboxylic acids is 1. The van der Waals surface area contributed by atoms with E-state index in [-0.39, 0.29) is 31.7 Å². The van der Waals surface area contributed by atoms with Gasteiger partial charge in [-0.3, -0.25) is 4.79 Å². The van der Waals surface area contributed by atoms with E-state index >= 15 is 0 Å². The van der Waals surface area contributed by atoms with Gasteiger partial charge in [0.15, 0.2) is 0 Å². The van der Waals surface area contributed by atoms with Crippen LogP contribution in [0.5, 0.6) is 0 Å². The number of nitriles is 1. The van der Waals surface area contributed by atoms with Crippen LogP contribution >= 0.6 is 0 Å². The summed E-state index contributed by atoms with van der Waals surface area (Å²) in [6.45, 7) is 0.736. The summed E-state index contributed by atoms with van der Waals surface area (Å²) < 4.78 is 5.10. The lowest BCUT2D eigenvalue weighted by atomic mass is 10.0. The fraction of sp³-hybridized carbons (Fsp3) is 0.750. The number of rotatable bonds is 5. The molecule has 2 aliphatic rings. The van der Waals surface area contributed by atoms with Crippen LogP contribution in [0, 0.1) is 17.2 Å². The summed E-state index contributed by atoms with van der Waals surface area (Å²) in [5.74, 6) is -1.65. The molecule has 2 atom stereocenters. The van der Waals surface area contributed by atoms with Crippen LogP contribution in [-0.4, -0.2) is 53.8 Å². The molecule has 19 heavy (non-hydrogen) atoms. The second kappa shape index (κ2) is 5.89. The van der Waals surface area contributed by atoms with E-state index in [0.717, 1.165) is 12.8 Å². The number of hydrogen-bond donors (Lipinski definition) is 2. The zero-order valence-corrected chi connectivity index (χ0v) is 10.5. The molecular formula is C12H17N3O4. The maximum absolute atomic E-state index is 12.1. The normalized spacial score (nSPS) is 25.6. The lowest BCUT2D eigenvalue weighted by molar-refractivity contribution is -0.142. The number of carbonyl (C=O) groups is 2. The van der Waals surface area contributed by atoms with Crippen LogP contribution in [0.4, 0.5) is 4.79 Å². The quantitative estimate of drug-likeness (QED) is 0.739. The number of nitrogens with one attached hydrogen (secondary N) is 1. The zero-order chi connectivity index (χ0) is 13.8. The van der Waals surface area contributed by atoms with Gasteiger partial charge >= 0.3 is 12.0 Å². The third-order valence-corrected chi connectivity index (χ3v) is 3.42. The van der Waals surface area contributed by atoms with Gasteiger partial charge in [0.1, 0.15) is 5.92 Å². The molecule has 104 valence electrons. The van der Waals surface area contributed by atoms with Crippen molar-refractivity contribution in [2.24, 2.45) is 5.92 Å². The van der Waals surface area contributed by atoms with Crippen molar-refractivity contribution in [2.75, 3.05) is 19.8 Å². The summed E-state index contributed by atoms with van der Waals surface area (Å²) in [5.41, 5.74) is 0. The highest BCUT2D eigenvalue weighted by atomic mass is 16.5. The highest BCUT2D eigenvalue weighted by Gasteiger charge is 2.38. The van der Waals surface area contributed by atoms with Crippen molar-refractivity contribution in [1.29, 1.82) is 5.26 Å². The topological polar surface area (TPSA) is 103 Å². The number of nitrogens with zero attached hydrogens (tertiary/aromatic N) is 2. The molecule has 1 aliphatic carbocycles. The van der Waals surface area contributed by atoms with Crippen molar-refractivity contribution >= 4 is 12.0 Å². The van der Waals surface area contributed by atoms with Crippen LogP contribution < -0.4 is 5.32 Å². The van der Waals surface area contributed by atoms with Gasteiger partial charge in [-0.15, -0.1) is 0 Å². The second-order valence-electron chi connectivity index (χ2n) is 4.87. The second-order valence-corrected chi connectivity index (χ2v) is 4.87. The van der Waals surface area contributed by atoms with Gasteiger partial charge in [-0.05, 0) is 12.8 Å². The summed E-state index contributed by atoms with van der Waals surface area (Å²) in [6.07, 6.45) is 2.18. The van der Waals surface area contributed by atoms with Crippen molar-refractivity contribution in [2.45, 2.75) is 31.3 Å². The molecule has 0 aromatic carbocycles. The molecule has 1 aliphatic heterocycles. The molecule has 2 N–H and O–H groups in total. The fourth-order valence-electron chi connectivity index (χ4n) is 2.19. The van der Waals surface area contributed by atoms with Crippen LogP contribution in [0.3, 0.4) is 0 Å². The molecule has 0 bridgehead atoms. The van der Waals surface area contributed by atoms with Crippen LogP contribution in [0.2, 0.25) is 0 Å². The predicted molar refractivity (Wildman–Crippen MR) is 64.2 cm³/mol. The highest BCUT2D eigenvalue weighted by Crippen LogP contribution is 2.27. The van der Waals surface area contributed by atoms with Crippen molar-refractivity contribution in [1.82, 2.24) is 10.2 Å². The Hall–Kier alpha value is -1.81. The van der Waals surface area contributed by atoms with E-state index in [2.05, 4.69) is 5.32 Å². The summed E-state index contributed by atoms with van der Waals surface area (Å²) >= 11 is 0. The number of carboxylic acid groups (broad SMARTS) is 1. The minimum Gasteiger partial charge on any atom is -0.481 e. The van der Waals surface area contributed by atoms with E-state index in [1.165, 1.54) is 0 Å². The fourth-order valence-corrected chi connectivity index (χ4v) is 2.19. The first-order valence-electron chi connectivity index (χ1n) is 6.38. The molecule has 0 aromatic heterocycles. The third kappa shape index (κ3) is 3.35. The van der Waals surface area contributed by atoms with Crippen molar-refractivity contribution in [3.8, 4) is 6.07 Å². The molecule has 7 heteroatoms.